The van der Waals surface area contributed by atoms with Crippen molar-refractivity contribution in [3.05, 3.63) is 23.7 Å². The smallest absolute Gasteiger partial charge is 0.305 e. The van der Waals surface area contributed by atoms with E-state index in [4.69, 9.17) is 14.3 Å². The number of amides is 1. The van der Waals surface area contributed by atoms with Gasteiger partial charge in [-0.2, -0.15) is 0 Å². The Morgan fingerprint density at radius 1 is 1.50 bits per heavy atom. The summed E-state index contributed by atoms with van der Waals surface area (Å²) in [6.45, 7) is 0.372. The van der Waals surface area contributed by atoms with E-state index in [0.29, 0.717) is 12.4 Å². The standard InChI is InChI=1S/C10H13NO5/c1-15-6-7-2-3-8(16-7)10(14)11-5-4-9(12)13/h2-3H,4-6H2,1H3,(H,11,14)(H,12,13). The van der Waals surface area contributed by atoms with E-state index < -0.39 is 11.9 Å². The van der Waals surface area contributed by atoms with Gasteiger partial charge in [-0.1, -0.05) is 0 Å². The Hall–Kier alpha value is -1.82. The van der Waals surface area contributed by atoms with Crippen molar-refractivity contribution >= 4 is 11.9 Å². The van der Waals surface area contributed by atoms with Crippen LogP contribution in [0.25, 0.3) is 0 Å². The van der Waals surface area contributed by atoms with Gasteiger partial charge in [0.15, 0.2) is 5.76 Å². The number of ether oxygens (including phenoxy) is 1. The molecule has 0 aromatic carbocycles. The van der Waals surface area contributed by atoms with Gasteiger partial charge < -0.3 is 19.6 Å². The zero-order chi connectivity index (χ0) is 12.0. The maximum absolute atomic E-state index is 11.4. The molecule has 1 aromatic rings. The molecular formula is C10H13NO5. The second-order valence-electron chi connectivity index (χ2n) is 3.10. The third-order valence-corrected chi connectivity index (χ3v) is 1.80. The van der Waals surface area contributed by atoms with Gasteiger partial charge in [-0.05, 0) is 12.1 Å². The predicted molar refractivity (Wildman–Crippen MR) is 54.0 cm³/mol. The van der Waals surface area contributed by atoms with E-state index in [0.717, 1.165) is 0 Å². The molecule has 1 amide bonds. The first-order valence-electron chi connectivity index (χ1n) is 4.71. The van der Waals surface area contributed by atoms with Crippen molar-refractivity contribution in [1.29, 1.82) is 0 Å². The molecule has 0 aliphatic rings. The van der Waals surface area contributed by atoms with Crippen LogP contribution in [0.15, 0.2) is 16.5 Å². The fourth-order valence-corrected chi connectivity index (χ4v) is 1.09. The Morgan fingerprint density at radius 3 is 2.88 bits per heavy atom. The molecule has 1 heterocycles. The third kappa shape index (κ3) is 3.74. The number of carboxylic acids is 1. The summed E-state index contributed by atoms with van der Waals surface area (Å²) >= 11 is 0. The Kier molecular flexibility index (Phi) is 4.53. The van der Waals surface area contributed by atoms with Gasteiger partial charge in [0, 0.05) is 13.7 Å². The van der Waals surface area contributed by atoms with Crippen LogP contribution in [0.1, 0.15) is 22.7 Å². The van der Waals surface area contributed by atoms with E-state index in [1.165, 1.54) is 13.2 Å². The number of carbonyl (C=O) groups excluding carboxylic acids is 1. The second kappa shape index (κ2) is 5.92. The molecule has 0 aliphatic heterocycles. The third-order valence-electron chi connectivity index (χ3n) is 1.80. The topological polar surface area (TPSA) is 88.8 Å². The molecule has 0 spiro atoms. The van der Waals surface area contributed by atoms with Crippen molar-refractivity contribution < 1.29 is 23.8 Å². The summed E-state index contributed by atoms with van der Waals surface area (Å²) in [5, 5.41) is 10.8. The lowest BCUT2D eigenvalue weighted by molar-refractivity contribution is -0.136. The van der Waals surface area contributed by atoms with Crippen LogP contribution in [0.5, 0.6) is 0 Å². The van der Waals surface area contributed by atoms with Crippen molar-refractivity contribution in [2.24, 2.45) is 0 Å². The minimum atomic E-state index is -0.959. The zero-order valence-electron chi connectivity index (χ0n) is 8.86. The normalized spacial score (nSPS) is 10.1. The average molecular weight is 227 g/mol. The van der Waals surface area contributed by atoms with Crippen molar-refractivity contribution in [3.63, 3.8) is 0 Å². The minimum absolute atomic E-state index is 0.0779. The number of rotatable bonds is 6. The molecule has 1 rings (SSSR count). The number of hydrogen-bond acceptors (Lipinski definition) is 4. The van der Waals surface area contributed by atoms with Crippen molar-refractivity contribution in [2.45, 2.75) is 13.0 Å². The number of carboxylic acid groups (broad SMARTS) is 1. The molecule has 0 atom stereocenters. The summed E-state index contributed by atoms with van der Waals surface area (Å²) in [5.41, 5.74) is 0. The van der Waals surface area contributed by atoms with Gasteiger partial charge >= 0.3 is 5.97 Å². The van der Waals surface area contributed by atoms with Crippen LogP contribution < -0.4 is 5.32 Å². The number of aliphatic carboxylic acids is 1. The first-order chi connectivity index (χ1) is 7.63. The number of nitrogens with one attached hydrogen (secondary N) is 1. The van der Waals surface area contributed by atoms with E-state index in [1.54, 1.807) is 6.07 Å². The van der Waals surface area contributed by atoms with Crippen LogP contribution in [0.2, 0.25) is 0 Å². The molecule has 6 nitrogen and oxygen atoms in total. The summed E-state index contributed by atoms with van der Waals surface area (Å²) in [5.74, 6) is -0.688. The molecule has 0 saturated carbocycles. The largest absolute Gasteiger partial charge is 0.481 e. The van der Waals surface area contributed by atoms with Gasteiger partial charge in [-0.25, -0.2) is 0 Å². The summed E-state index contributed by atoms with van der Waals surface area (Å²) in [6.07, 6.45) is -0.114. The van der Waals surface area contributed by atoms with Gasteiger partial charge in [0.25, 0.3) is 5.91 Å². The van der Waals surface area contributed by atoms with E-state index in [1.807, 2.05) is 0 Å². The minimum Gasteiger partial charge on any atom is -0.481 e. The maximum Gasteiger partial charge on any atom is 0.305 e. The highest BCUT2D eigenvalue weighted by Crippen LogP contribution is 2.08. The molecule has 0 saturated heterocycles. The number of hydrogen-bond donors (Lipinski definition) is 2. The number of carbonyl (C=O) groups is 2. The van der Waals surface area contributed by atoms with Gasteiger partial charge in [-0.15, -0.1) is 0 Å². The van der Waals surface area contributed by atoms with E-state index in [-0.39, 0.29) is 18.7 Å². The Labute approximate surface area is 92.2 Å². The molecule has 1 aromatic heterocycles. The highest BCUT2D eigenvalue weighted by Gasteiger charge is 2.10. The molecule has 0 radical (unpaired) electrons. The van der Waals surface area contributed by atoms with Crippen LogP contribution in [0.4, 0.5) is 0 Å². The molecule has 16 heavy (non-hydrogen) atoms. The van der Waals surface area contributed by atoms with Crippen LogP contribution in [-0.2, 0) is 16.1 Å². The lowest BCUT2D eigenvalue weighted by Gasteiger charge is -2.00. The molecule has 0 fully saturated rings. The highest BCUT2D eigenvalue weighted by atomic mass is 16.5. The zero-order valence-corrected chi connectivity index (χ0v) is 8.86. The molecule has 6 heteroatoms. The fourth-order valence-electron chi connectivity index (χ4n) is 1.09. The molecule has 0 bridgehead atoms. The SMILES string of the molecule is COCc1ccc(C(=O)NCCC(=O)O)o1. The predicted octanol–water partition coefficient (Wildman–Crippen LogP) is 0.631. The first kappa shape index (κ1) is 12.3. The van der Waals surface area contributed by atoms with Crippen LogP contribution in [0.3, 0.4) is 0 Å². The highest BCUT2D eigenvalue weighted by molar-refractivity contribution is 5.91. The van der Waals surface area contributed by atoms with Gasteiger partial charge in [-0.3, -0.25) is 9.59 Å². The average Bonchev–Trinajstić information content (AvgIpc) is 2.66. The van der Waals surface area contributed by atoms with Crippen molar-refractivity contribution in [3.8, 4) is 0 Å². The van der Waals surface area contributed by atoms with Gasteiger partial charge in [0.2, 0.25) is 0 Å². The van der Waals surface area contributed by atoms with Crippen LogP contribution >= 0.6 is 0 Å². The van der Waals surface area contributed by atoms with Crippen molar-refractivity contribution in [2.75, 3.05) is 13.7 Å². The summed E-state index contributed by atoms with van der Waals surface area (Å²) in [4.78, 5) is 21.6. The monoisotopic (exact) mass is 227 g/mol. The Bertz CT molecular complexity index is 371. The second-order valence-corrected chi connectivity index (χ2v) is 3.10. The summed E-state index contributed by atoms with van der Waals surface area (Å²) in [7, 11) is 1.52. The van der Waals surface area contributed by atoms with Crippen LogP contribution in [0, 0.1) is 0 Å². The van der Waals surface area contributed by atoms with Crippen LogP contribution in [-0.4, -0.2) is 30.6 Å². The summed E-state index contributed by atoms with van der Waals surface area (Å²) < 4.78 is 9.99. The molecule has 2 N–H and O–H groups in total. The number of methoxy groups -OCH3 is 1. The first-order valence-corrected chi connectivity index (χ1v) is 4.71. The van der Waals surface area contributed by atoms with E-state index in [2.05, 4.69) is 5.32 Å². The molecule has 0 aliphatic carbocycles. The number of furan rings is 1. The fraction of sp³-hybridized carbons (Fsp3) is 0.400. The van der Waals surface area contributed by atoms with E-state index in [9.17, 15) is 9.59 Å². The molecule has 88 valence electrons. The lowest BCUT2D eigenvalue weighted by atomic mass is 10.4. The molecular weight excluding hydrogens is 214 g/mol. The Morgan fingerprint density at radius 2 is 2.25 bits per heavy atom. The van der Waals surface area contributed by atoms with Crippen molar-refractivity contribution in [1.82, 2.24) is 5.32 Å². The maximum atomic E-state index is 11.4. The summed E-state index contributed by atoms with van der Waals surface area (Å²) in [6, 6.07) is 3.15. The van der Waals surface area contributed by atoms with Gasteiger partial charge in [0.1, 0.15) is 12.4 Å². The lowest BCUT2D eigenvalue weighted by Crippen LogP contribution is -2.25. The van der Waals surface area contributed by atoms with Gasteiger partial charge in [0.05, 0.1) is 6.42 Å². The quantitative estimate of drug-likeness (QED) is 0.744. The Balaban J connectivity index is 2.43. The van der Waals surface area contributed by atoms with E-state index >= 15 is 0 Å². The molecule has 0 unspecified atom stereocenters.